The molecule has 0 saturated heterocycles. The quantitative estimate of drug-likeness (QED) is 0.128. The molecule has 4 nitrogen and oxygen atoms in total. The number of aryl methyl sites for hydroxylation is 4. The summed E-state index contributed by atoms with van der Waals surface area (Å²) >= 11 is 13.2. The molecule has 0 spiro atoms. The fourth-order valence-electron chi connectivity index (χ4n) is 11.5. The van der Waals surface area contributed by atoms with E-state index in [4.69, 9.17) is 22.6 Å². The minimum absolute atomic E-state index is 0.606. The SMILES string of the molecule is C=Nc1sc(-c2cc3ccc4c(c3s2)-c2cc3c(cc2C4(c2ccc(C)cc2)c2ccc(C)cc2)-c2c(ccc4cc(-c5nc6scnc6s5)sc24)C3(c2ccc(C)cc2)c2ccc(C)cc2)nc1S. The van der Waals surface area contributed by atoms with Crippen molar-refractivity contribution in [3.63, 3.8) is 0 Å². The normalized spacial score (nSPS) is 14.1. The summed E-state index contributed by atoms with van der Waals surface area (Å²) in [6, 6.07) is 56.7. The third kappa shape index (κ3) is 5.92. The average molecular weight is 1010 g/mol. The minimum Gasteiger partial charge on any atom is -0.251 e. The third-order valence-corrected chi connectivity index (χ3v) is 20.6. The summed E-state index contributed by atoms with van der Waals surface area (Å²) in [4.78, 5) is 23.2. The van der Waals surface area contributed by atoms with Gasteiger partial charge in [0.2, 0.25) is 0 Å². The van der Waals surface area contributed by atoms with Crippen LogP contribution in [0.15, 0.2) is 161 Å². The maximum absolute atomic E-state index is 5.11. The Kier molecular flexibility index (Phi) is 9.45. The van der Waals surface area contributed by atoms with Gasteiger partial charge in [-0.15, -0.1) is 46.6 Å². The Hall–Kier alpha value is -6.37. The molecule has 70 heavy (non-hydrogen) atoms. The molecular weight excluding hydrogens is 969 g/mol. The summed E-state index contributed by atoms with van der Waals surface area (Å²) < 4.78 is 2.52. The van der Waals surface area contributed by atoms with Gasteiger partial charge in [0.15, 0.2) is 9.66 Å². The Bertz CT molecular complexity index is 4010. The van der Waals surface area contributed by atoms with E-state index in [0.29, 0.717) is 5.03 Å². The van der Waals surface area contributed by atoms with Gasteiger partial charge < -0.3 is 0 Å². The van der Waals surface area contributed by atoms with Crippen molar-refractivity contribution in [2.45, 2.75) is 43.6 Å². The van der Waals surface area contributed by atoms with E-state index in [1.807, 2.05) is 28.2 Å². The molecule has 0 unspecified atom stereocenters. The van der Waals surface area contributed by atoms with Crippen molar-refractivity contribution in [1.82, 2.24) is 15.0 Å². The van der Waals surface area contributed by atoms with Gasteiger partial charge in [0.05, 0.1) is 26.1 Å². The van der Waals surface area contributed by atoms with E-state index in [-0.39, 0.29) is 0 Å². The van der Waals surface area contributed by atoms with E-state index >= 15 is 0 Å². The van der Waals surface area contributed by atoms with Crippen LogP contribution in [0.25, 0.3) is 71.9 Å². The van der Waals surface area contributed by atoms with Crippen LogP contribution in [0.5, 0.6) is 0 Å². The van der Waals surface area contributed by atoms with Crippen LogP contribution in [0.1, 0.15) is 66.8 Å². The third-order valence-electron chi connectivity index (χ3n) is 14.7. The molecule has 0 N–H and O–H groups in total. The molecule has 2 aliphatic rings. The Labute approximate surface area is 430 Å². The summed E-state index contributed by atoms with van der Waals surface area (Å²) in [5, 5.41) is 5.68. The minimum atomic E-state index is -0.647. The molecule has 0 amide bonds. The Morgan fingerprint density at radius 3 is 1.30 bits per heavy atom. The van der Waals surface area contributed by atoms with E-state index in [1.165, 1.54) is 114 Å². The molecular formula is C60H40N4S6. The lowest BCUT2D eigenvalue weighted by Gasteiger charge is -2.35. The standard InChI is InChI=1S/C60H40N4S6/c1-31-6-16-37(17-7-31)59(38-18-8-32(2)9-19-38)43-24-14-35-26-47(54-63-53(65)56(61-5)69-54)67-51(35)49(43)41-28-46-42(29-45(41)59)50-44(60(46,39-20-10-33(3)11-21-39)40-22-12-34(4)13-23-40)25-15-36-27-48(68-52(36)50)55-64-58-57(70-55)62-30-66-58/h6-30,65H,5H2,1-4H3. The summed E-state index contributed by atoms with van der Waals surface area (Å²) in [6.07, 6.45) is 0. The van der Waals surface area contributed by atoms with Gasteiger partial charge in [0, 0.05) is 20.5 Å². The van der Waals surface area contributed by atoms with Crippen molar-refractivity contribution in [3.8, 4) is 42.0 Å². The summed E-state index contributed by atoms with van der Waals surface area (Å²) in [6.45, 7) is 12.6. The Morgan fingerprint density at radius 2 is 0.900 bits per heavy atom. The van der Waals surface area contributed by atoms with Crippen LogP contribution >= 0.6 is 69.3 Å². The fraction of sp³-hybridized carbons (Fsp3) is 0.100. The van der Waals surface area contributed by atoms with E-state index in [0.717, 1.165) is 29.6 Å². The molecule has 12 aromatic rings. The number of thiazole rings is 3. The molecule has 5 aromatic heterocycles. The average Bonchev–Trinajstić information content (AvgIpc) is 4.24. The lowest BCUT2D eigenvalue weighted by molar-refractivity contribution is 0.758. The highest BCUT2D eigenvalue weighted by Crippen LogP contribution is 2.65. The first-order chi connectivity index (χ1) is 34.1. The summed E-state index contributed by atoms with van der Waals surface area (Å²) in [5.41, 5.74) is 20.8. The molecule has 0 atom stereocenters. The van der Waals surface area contributed by atoms with E-state index in [2.05, 4.69) is 190 Å². The second kappa shape index (κ2) is 15.6. The molecule has 0 bridgehead atoms. The van der Waals surface area contributed by atoms with Gasteiger partial charge in [-0.3, -0.25) is 4.99 Å². The van der Waals surface area contributed by atoms with Gasteiger partial charge in [0.1, 0.15) is 20.0 Å². The Balaban J connectivity index is 1.15. The summed E-state index contributed by atoms with van der Waals surface area (Å²) in [7, 11) is 0. The maximum Gasteiger partial charge on any atom is 0.155 e. The van der Waals surface area contributed by atoms with Crippen molar-refractivity contribution in [2.24, 2.45) is 4.99 Å². The van der Waals surface area contributed by atoms with E-state index in [1.54, 1.807) is 34.0 Å². The monoisotopic (exact) mass is 1010 g/mol. The highest BCUT2D eigenvalue weighted by molar-refractivity contribution is 7.80. The number of hydrogen-bond donors (Lipinski definition) is 1. The molecule has 2 aliphatic carbocycles. The van der Waals surface area contributed by atoms with Crippen molar-refractivity contribution >= 4 is 111 Å². The first-order valence-corrected chi connectivity index (χ1v) is 27.7. The number of hydrogen-bond acceptors (Lipinski definition) is 10. The second-order valence-electron chi connectivity index (χ2n) is 18.7. The fourth-order valence-corrected chi connectivity index (χ4v) is 16.9. The van der Waals surface area contributed by atoms with Gasteiger partial charge in [-0.1, -0.05) is 166 Å². The zero-order valence-electron chi connectivity index (χ0n) is 38.4. The molecule has 7 aromatic carbocycles. The smallest absolute Gasteiger partial charge is 0.155 e. The number of thiol groups is 1. The molecule has 0 radical (unpaired) electrons. The maximum atomic E-state index is 5.11. The topological polar surface area (TPSA) is 51.0 Å². The number of nitrogens with zero attached hydrogens (tertiary/aromatic N) is 4. The van der Waals surface area contributed by atoms with Crippen molar-refractivity contribution in [1.29, 1.82) is 0 Å². The van der Waals surface area contributed by atoms with Gasteiger partial charge in [-0.2, -0.15) is 0 Å². The van der Waals surface area contributed by atoms with E-state index in [9.17, 15) is 0 Å². The van der Waals surface area contributed by atoms with Crippen LogP contribution in [-0.4, -0.2) is 21.7 Å². The highest BCUT2D eigenvalue weighted by Gasteiger charge is 2.52. The van der Waals surface area contributed by atoms with Crippen LogP contribution in [0.4, 0.5) is 5.00 Å². The number of thiophene rings is 2. The molecule has 0 aliphatic heterocycles. The van der Waals surface area contributed by atoms with Crippen LogP contribution in [0, 0.1) is 27.7 Å². The zero-order chi connectivity index (χ0) is 47.2. The number of aliphatic imine (C=N–C) groups is 1. The van der Waals surface area contributed by atoms with E-state index < -0.39 is 10.8 Å². The van der Waals surface area contributed by atoms with Gasteiger partial charge in [-0.05, 0) is 125 Å². The predicted octanol–water partition coefficient (Wildman–Crippen LogP) is 17.6. The first-order valence-electron chi connectivity index (χ1n) is 23.1. The van der Waals surface area contributed by atoms with Crippen LogP contribution < -0.4 is 0 Å². The highest BCUT2D eigenvalue weighted by atomic mass is 32.1. The number of benzene rings is 7. The number of aromatic nitrogens is 3. The second-order valence-corrected chi connectivity index (χ2v) is 24.0. The zero-order valence-corrected chi connectivity index (χ0v) is 43.4. The number of fused-ring (bicyclic) bond motifs is 11. The van der Waals surface area contributed by atoms with Crippen molar-refractivity contribution in [3.05, 3.63) is 218 Å². The van der Waals surface area contributed by atoms with Gasteiger partial charge in [-0.25, -0.2) is 15.0 Å². The molecule has 14 rings (SSSR count). The first kappa shape index (κ1) is 42.5. The van der Waals surface area contributed by atoms with Crippen LogP contribution in [0.3, 0.4) is 0 Å². The molecule has 0 fully saturated rings. The number of rotatable bonds is 7. The van der Waals surface area contributed by atoms with Crippen molar-refractivity contribution in [2.75, 3.05) is 0 Å². The van der Waals surface area contributed by atoms with Gasteiger partial charge in [0.25, 0.3) is 0 Å². The van der Waals surface area contributed by atoms with Crippen LogP contribution in [-0.2, 0) is 10.8 Å². The van der Waals surface area contributed by atoms with Crippen LogP contribution in [0.2, 0.25) is 0 Å². The molecule has 0 saturated carbocycles. The predicted molar refractivity (Wildman–Crippen MR) is 303 cm³/mol. The largest absolute Gasteiger partial charge is 0.251 e. The summed E-state index contributed by atoms with van der Waals surface area (Å²) in [5.74, 6) is 0. The van der Waals surface area contributed by atoms with Crippen molar-refractivity contribution < 1.29 is 0 Å². The van der Waals surface area contributed by atoms with Gasteiger partial charge >= 0.3 is 0 Å². The lowest BCUT2D eigenvalue weighted by atomic mass is 9.65. The molecule has 5 heterocycles. The Morgan fingerprint density at radius 1 is 0.471 bits per heavy atom. The lowest BCUT2D eigenvalue weighted by Crippen LogP contribution is -2.30. The molecule has 336 valence electrons. The molecule has 10 heteroatoms.